The first-order valence-corrected chi connectivity index (χ1v) is 7.43. The summed E-state index contributed by atoms with van der Waals surface area (Å²) in [6, 6.07) is 5.45. The van der Waals surface area contributed by atoms with Gasteiger partial charge in [-0.3, -0.25) is 19.8 Å². The third-order valence-corrected chi connectivity index (χ3v) is 3.82. The fraction of sp³-hybridized carbons (Fsp3) is 0.214. The maximum Gasteiger partial charge on any atom is 0.325 e. The van der Waals surface area contributed by atoms with Crippen LogP contribution >= 0.6 is 11.6 Å². The third kappa shape index (κ3) is 3.35. The summed E-state index contributed by atoms with van der Waals surface area (Å²) >= 11 is 6.05. The van der Waals surface area contributed by atoms with Gasteiger partial charge in [0, 0.05) is 5.02 Å². The molecule has 1 aromatic carbocycles. The standard InChI is InChI=1S/C14H13ClN6O3/c15-9-4-2-1-3-8(9)6-21-12(23)10(18-14(21)24)5-11(22)19-13-16-7-17-20-13/h1-4,7,10H,5-6H2,(H,18,24)(H2,16,17,19,20,22)/t10-/m0/s1. The fourth-order valence-electron chi connectivity index (χ4n) is 2.30. The molecule has 0 saturated carbocycles. The molecule has 3 N–H and O–H groups in total. The van der Waals surface area contributed by atoms with Crippen LogP contribution in [0.1, 0.15) is 12.0 Å². The van der Waals surface area contributed by atoms with Gasteiger partial charge in [0.05, 0.1) is 13.0 Å². The molecular formula is C14H13ClN6O3. The van der Waals surface area contributed by atoms with Gasteiger partial charge in [-0.2, -0.15) is 10.1 Å². The average Bonchev–Trinajstić information content (AvgIpc) is 3.13. The molecule has 1 aromatic heterocycles. The molecule has 124 valence electrons. The Balaban J connectivity index is 1.63. The second-order valence-corrected chi connectivity index (χ2v) is 5.51. The summed E-state index contributed by atoms with van der Waals surface area (Å²) < 4.78 is 0. The number of nitrogens with one attached hydrogen (secondary N) is 3. The Labute approximate surface area is 141 Å². The minimum atomic E-state index is -0.928. The van der Waals surface area contributed by atoms with Crippen molar-refractivity contribution in [3.05, 3.63) is 41.2 Å². The lowest BCUT2D eigenvalue weighted by atomic mass is 10.1. The average molecular weight is 349 g/mol. The molecule has 4 amide bonds. The fourth-order valence-corrected chi connectivity index (χ4v) is 2.49. The minimum absolute atomic E-state index is 0.0462. The number of carbonyl (C=O) groups is 3. The molecule has 0 unspecified atom stereocenters. The number of anilines is 1. The van der Waals surface area contributed by atoms with E-state index in [2.05, 4.69) is 25.8 Å². The highest BCUT2D eigenvalue weighted by molar-refractivity contribution is 6.31. The van der Waals surface area contributed by atoms with Crippen molar-refractivity contribution in [2.45, 2.75) is 19.0 Å². The van der Waals surface area contributed by atoms with Gasteiger partial charge in [-0.25, -0.2) is 9.89 Å². The summed E-state index contributed by atoms with van der Waals surface area (Å²) in [5.74, 6) is -0.776. The second-order valence-electron chi connectivity index (χ2n) is 5.10. The van der Waals surface area contributed by atoms with Crippen LogP contribution in [0.4, 0.5) is 10.7 Å². The number of H-pyrrole nitrogens is 1. The van der Waals surface area contributed by atoms with Crippen molar-refractivity contribution < 1.29 is 14.4 Å². The van der Waals surface area contributed by atoms with Crippen LogP contribution in [0.5, 0.6) is 0 Å². The van der Waals surface area contributed by atoms with Crippen molar-refractivity contribution in [2.24, 2.45) is 0 Å². The first-order chi connectivity index (χ1) is 11.5. The number of halogens is 1. The number of urea groups is 1. The van der Waals surface area contributed by atoms with Crippen molar-refractivity contribution in [2.75, 3.05) is 5.32 Å². The number of hydrogen-bond donors (Lipinski definition) is 3. The van der Waals surface area contributed by atoms with Crippen LogP contribution < -0.4 is 10.6 Å². The van der Waals surface area contributed by atoms with Gasteiger partial charge in [0.15, 0.2) is 0 Å². The predicted octanol–water partition coefficient (Wildman–Crippen LogP) is 0.907. The highest BCUT2D eigenvalue weighted by Gasteiger charge is 2.39. The normalized spacial score (nSPS) is 17.0. The first-order valence-electron chi connectivity index (χ1n) is 7.05. The highest BCUT2D eigenvalue weighted by Crippen LogP contribution is 2.20. The number of aromatic amines is 1. The lowest BCUT2D eigenvalue weighted by Crippen LogP contribution is -2.34. The van der Waals surface area contributed by atoms with Gasteiger partial charge < -0.3 is 5.32 Å². The summed E-state index contributed by atoms with van der Waals surface area (Å²) in [7, 11) is 0. The van der Waals surface area contributed by atoms with Crippen LogP contribution in [0.3, 0.4) is 0 Å². The van der Waals surface area contributed by atoms with Crippen molar-refractivity contribution >= 4 is 35.4 Å². The SMILES string of the molecule is O=C(C[C@@H]1NC(=O)N(Cc2ccccc2Cl)C1=O)Nc1ncn[nH]1. The number of benzene rings is 1. The lowest BCUT2D eigenvalue weighted by molar-refractivity contribution is -0.130. The van der Waals surface area contributed by atoms with Crippen LogP contribution in [-0.2, 0) is 16.1 Å². The van der Waals surface area contributed by atoms with Gasteiger partial charge in [0.25, 0.3) is 5.91 Å². The quantitative estimate of drug-likeness (QED) is 0.693. The highest BCUT2D eigenvalue weighted by atomic mass is 35.5. The van der Waals surface area contributed by atoms with Crippen LogP contribution in [0.15, 0.2) is 30.6 Å². The molecule has 1 fully saturated rings. The summed E-state index contributed by atoms with van der Waals surface area (Å²) in [6.45, 7) is 0.0462. The number of imide groups is 1. The second kappa shape index (κ2) is 6.67. The van der Waals surface area contributed by atoms with Gasteiger partial charge in [0.2, 0.25) is 11.9 Å². The minimum Gasteiger partial charge on any atom is -0.325 e. The Kier molecular flexibility index (Phi) is 4.43. The summed E-state index contributed by atoms with van der Waals surface area (Å²) in [4.78, 5) is 41.0. The monoisotopic (exact) mass is 348 g/mol. The van der Waals surface area contributed by atoms with E-state index < -0.39 is 23.9 Å². The Morgan fingerprint density at radius 3 is 2.83 bits per heavy atom. The van der Waals surface area contributed by atoms with Crippen LogP contribution in [0.2, 0.25) is 5.02 Å². The molecule has 3 rings (SSSR count). The van der Waals surface area contributed by atoms with E-state index in [1.54, 1.807) is 24.3 Å². The molecule has 1 aliphatic heterocycles. The molecule has 1 atom stereocenters. The number of nitrogens with zero attached hydrogens (tertiary/aromatic N) is 3. The third-order valence-electron chi connectivity index (χ3n) is 3.46. The molecule has 2 aromatic rings. The Morgan fingerprint density at radius 1 is 1.33 bits per heavy atom. The lowest BCUT2D eigenvalue weighted by Gasteiger charge is -2.14. The zero-order valence-corrected chi connectivity index (χ0v) is 13.1. The van der Waals surface area contributed by atoms with E-state index in [-0.39, 0.29) is 18.9 Å². The first kappa shape index (κ1) is 15.9. The molecule has 0 aliphatic carbocycles. The van der Waals surface area contributed by atoms with Gasteiger partial charge in [0.1, 0.15) is 12.4 Å². The van der Waals surface area contributed by atoms with E-state index in [0.717, 1.165) is 4.90 Å². The molecule has 10 heteroatoms. The molecule has 1 aliphatic rings. The number of amides is 4. The number of carbonyl (C=O) groups excluding carboxylic acids is 3. The van der Waals surface area contributed by atoms with E-state index in [1.165, 1.54) is 6.33 Å². The Bertz CT molecular complexity index is 779. The molecule has 2 heterocycles. The molecule has 0 radical (unpaired) electrons. The molecule has 24 heavy (non-hydrogen) atoms. The molecular weight excluding hydrogens is 336 g/mol. The van der Waals surface area contributed by atoms with Crippen molar-refractivity contribution in [1.82, 2.24) is 25.4 Å². The van der Waals surface area contributed by atoms with Crippen molar-refractivity contribution in [3.63, 3.8) is 0 Å². The van der Waals surface area contributed by atoms with Crippen LogP contribution in [0.25, 0.3) is 0 Å². The van der Waals surface area contributed by atoms with E-state index in [0.29, 0.717) is 10.6 Å². The van der Waals surface area contributed by atoms with E-state index in [9.17, 15) is 14.4 Å². The maximum absolute atomic E-state index is 12.4. The van der Waals surface area contributed by atoms with Gasteiger partial charge in [-0.1, -0.05) is 29.8 Å². The summed E-state index contributed by atoms with van der Waals surface area (Å²) in [5.41, 5.74) is 0.648. The summed E-state index contributed by atoms with van der Waals surface area (Å²) in [5, 5.41) is 11.5. The Hall–Kier alpha value is -2.94. The number of rotatable bonds is 5. The van der Waals surface area contributed by atoms with Gasteiger partial charge in [-0.15, -0.1) is 0 Å². The predicted molar refractivity (Wildman–Crippen MR) is 84.0 cm³/mol. The molecule has 0 bridgehead atoms. The molecule has 0 spiro atoms. The zero-order valence-electron chi connectivity index (χ0n) is 12.3. The van der Waals surface area contributed by atoms with Crippen LogP contribution in [0, 0.1) is 0 Å². The number of hydrogen-bond acceptors (Lipinski definition) is 5. The number of aromatic nitrogens is 3. The van der Waals surface area contributed by atoms with Crippen LogP contribution in [-0.4, -0.2) is 44.0 Å². The summed E-state index contributed by atoms with van der Waals surface area (Å²) in [6.07, 6.45) is 1.04. The Morgan fingerprint density at radius 2 is 2.12 bits per heavy atom. The van der Waals surface area contributed by atoms with Gasteiger partial charge >= 0.3 is 6.03 Å². The smallest absolute Gasteiger partial charge is 0.325 e. The van der Waals surface area contributed by atoms with E-state index in [1.807, 2.05) is 0 Å². The molecule has 1 saturated heterocycles. The van der Waals surface area contributed by atoms with Gasteiger partial charge in [-0.05, 0) is 11.6 Å². The molecule has 9 nitrogen and oxygen atoms in total. The van der Waals surface area contributed by atoms with Crippen molar-refractivity contribution in [1.29, 1.82) is 0 Å². The van der Waals surface area contributed by atoms with E-state index >= 15 is 0 Å². The topological polar surface area (TPSA) is 120 Å². The van der Waals surface area contributed by atoms with Crippen molar-refractivity contribution in [3.8, 4) is 0 Å². The largest absolute Gasteiger partial charge is 0.325 e. The maximum atomic E-state index is 12.4. The zero-order chi connectivity index (χ0) is 17.1. The van der Waals surface area contributed by atoms with E-state index in [4.69, 9.17) is 11.6 Å².